The Bertz CT molecular complexity index is 906. The molecule has 2 aliphatic rings. The second-order valence-electron chi connectivity index (χ2n) is 7.62. The third-order valence-electron chi connectivity index (χ3n) is 6.09. The molecular weight excluding hydrogens is 356 g/mol. The van der Waals surface area contributed by atoms with Crippen molar-refractivity contribution in [3.8, 4) is 0 Å². The Labute approximate surface area is 163 Å². The smallest absolute Gasteiger partial charge is 0.227 e. The molecule has 0 radical (unpaired) electrons. The standard InChI is InChI=1S/C21H24N4OS/c1-14-19(27-13-22-14)9-10-20-23-21(24-26-20)16-12-18(15-6-3-2-4-7-15)25-11-5-8-17(16)25/h2-4,6-7,13,16-18H,5,8-12H2,1H3/t16-,17+,18-/m0/s1. The van der Waals surface area contributed by atoms with Crippen LogP contribution in [0.1, 0.15) is 59.1 Å². The van der Waals surface area contributed by atoms with E-state index < -0.39 is 0 Å². The normalized spacial score (nSPS) is 25.1. The molecule has 3 atom stereocenters. The number of nitrogens with zero attached hydrogens (tertiary/aromatic N) is 4. The van der Waals surface area contributed by atoms with Crippen LogP contribution in [0.4, 0.5) is 0 Å². The highest BCUT2D eigenvalue weighted by Gasteiger charge is 2.46. The molecule has 2 aliphatic heterocycles. The van der Waals surface area contributed by atoms with E-state index in [0.717, 1.165) is 36.7 Å². The van der Waals surface area contributed by atoms with Crippen LogP contribution in [0.15, 0.2) is 40.4 Å². The first kappa shape index (κ1) is 17.1. The summed E-state index contributed by atoms with van der Waals surface area (Å²) in [6.45, 7) is 3.23. The molecule has 0 aliphatic carbocycles. The molecule has 27 heavy (non-hydrogen) atoms. The van der Waals surface area contributed by atoms with Crippen LogP contribution in [0.2, 0.25) is 0 Å². The molecule has 0 N–H and O–H groups in total. The quantitative estimate of drug-likeness (QED) is 0.660. The molecule has 0 spiro atoms. The maximum Gasteiger partial charge on any atom is 0.227 e. The summed E-state index contributed by atoms with van der Waals surface area (Å²) in [7, 11) is 0. The van der Waals surface area contributed by atoms with Crippen molar-refractivity contribution in [1.29, 1.82) is 0 Å². The van der Waals surface area contributed by atoms with Gasteiger partial charge in [0, 0.05) is 29.3 Å². The summed E-state index contributed by atoms with van der Waals surface area (Å²) < 4.78 is 5.61. The van der Waals surface area contributed by atoms with Crippen molar-refractivity contribution >= 4 is 11.3 Å². The molecule has 4 heterocycles. The summed E-state index contributed by atoms with van der Waals surface area (Å²) in [5.74, 6) is 2.03. The zero-order valence-corrected chi connectivity index (χ0v) is 16.4. The molecule has 3 aromatic rings. The first-order valence-electron chi connectivity index (χ1n) is 9.81. The maximum atomic E-state index is 5.61. The summed E-state index contributed by atoms with van der Waals surface area (Å²) in [5.41, 5.74) is 4.43. The Hall–Kier alpha value is -2.05. The van der Waals surface area contributed by atoms with E-state index in [1.807, 2.05) is 5.51 Å². The third-order valence-corrected chi connectivity index (χ3v) is 7.09. The highest BCUT2D eigenvalue weighted by atomic mass is 32.1. The average Bonchev–Trinajstić information content (AvgIpc) is 3.45. The highest BCUT2D eigenvalue weighted by molar-refractivity contribution is 7.09. The minimum absolute atomic E-state index is 0.375. The van der Waals surface area contributed by atoms with Gasteiger partial charge in [0.25, 0.3) is 0 Å². The van der Waals surface area contributed by atoms with Gasteiger partial charge >= 0.3 is 0 Å². The Morgan fingerprint density at radius 2 is 2.11 bits per heavy atom. The van der Waals surface area contributed by atoms with Crippen molar-refractivity contribution in [2.45, 2.75) is 57.0 Å². The van der Waals surface area contributed by atoms with E-state index in [1.165, 1.54) is 29.8 Å². The van der Waals surface area contributed by atoms with Crippen LogP contribution < -0.4 is 0 Å². The van der Waals surface area contributed by atoms with Crippen LogP contribution in [0.5, 0.6) is 0 Å². The van der Waals surface area contributed by atoms with Gasteiger partial charge in [0.15, 0.2) is 5.82 Å². The summed E-state index contributed by atoms with van der Waals surface area (Å²) >= 11 is 1.70. The van der Waals surface area contributed by atoms with Gasteiger partial charge in [-0.15, -0.1) is 11.3 Å². The number of fused-ring (bicyclic) bond motifs is 1. The van der Waals surface area contributed by atoms with Crippen LogP contribution in [0.25, 0.3) is 0 Å². The lowest BCUT2D eigenvalue weighted by Crippen LogP contribution is -2.27. The molecule has 6 heteroatoms. The van der Waals surface area contributed by atoms with Crippen LogP contribution in [0, 0.1) is 6.92 Å². The highest BCUT2D eigenvalue weighted by Crippen LogP contribution is 2.48. The largest absolute Gasteiger partial charge is 0.339 e. The van der Waals surface area contributed by atoms with E-state index in [4.69, 9.17) is 9.51 Å². The van der Waals surface area contributed by atoms with Crippen molar-refractivity contribution in [3.63, 3.8) is 0 Å². The monoisotopic (exact) mass is 380 g/mol. The van der Waals surface area contributed by atoms with E-state index in [-0.39, 0.29) is 0 Å². The molecule has 140 valence electrons. The fourth-order valence-corrected chi connectivity index (χ4v) is 5.54. The number of benzene rings is 1. The van der Waals surface area contributed by atoms with Gasteiger partial charge in [0.2, 0.25) is 5.89 Å². The summed E-state index contributed by atoms with van der Waals surface area (Å²) in [4.78, 5) is 13.1. The van der Waals surface area contributed by atoms with Gasteiger partial charge in [0.1, 0.15) is 0 Å². The Morgan fingerprint density at radius 3 is 2.93 bits per heavy atom. The Morgan fingerprint density at radius 1 is 1.22 bits per heavy atom. The van der Waals surface area contributed by atoms with Crippen molar-refractivity contribution in [1.82, 2.24) is 20.0 Å². The van der Waals surface area contributed by atoms with Crippen LogP contribution in [0.3, 0.4) is 0 Å². The molecule has 0 saturated carbocycles. The predicted octanol–water partition coefficient (Wildman–Crippen LogP) is 4.31. The SMILES string of the molecule is Cc1ncsc1CCc1nc([C@H]2C[C@@H](c3ccccc3)N3CCC[C@H]23)no1. The van der Waals surface area contributed by atoms with Crippen molar-refractivity contribution in [3.05, 3.63) is 63.7 Å². The topological polar surface area (TPSA) is 55.1 Å². The lowest BCUT2D eigenvalue weighted by Gasteiger charge is -2.24. The first-order chi connectivity index (χ1) is 13.3. The number of hydrogen-bond acceptors (Lipinski definition) is 6. The van der Waals surface area contributed by atoms with Crippen molar-refractivity contribution in [2.24, 2.45) is 0 Å². The van der Waals surface area contributed by atoms with E-state index in [2.05, 4.69) is 52.3 Å². The van der Waals surface area contributed by atoms with Gasteiger partial charge in [-0.25, -0.2) is 4.98 Å². The number of aromatic nitrogens is 3. The van der Waals surface area contributed by atoms with Gasteiger partial charge in [-0.2, -0.15) is 4.98 Å². The Balaban J connectivity index is 1.33. The lowest BCUT2D eigenvalue weighted by atomic mass is 9.94. The zero-order valence-electron chi connectivity index (χ0n) is 15.5. The van der Waals surface area contributed by atoms with E-state index >= 15 is 0 Å². The summed E-state index contributed by atoms with van der Waals surface area (Å²) in [6.07, 6.45) is 5.30. The van der Waals surface area contributed by atoms with Crippen LogP contribution >= 0.6 is 11.3 Å². The zero-order chi connectivity index (χ0) is 18.2. The average molecular weight is 381 g/mol. The Kier molecular flexibility index (Phi) is 4.53. The molecule has 2 saturated heterocycles. The molecule has 0 bridgehead atoms. The van der Waals surface area contributed by atoms with Crippen molar-refractivity contribution in [2.75, 3.05) is 6.54 Å². The third kappa shape index (κ3) is 3.21. The van der Waals surface area contributed by atoms with Gasteiger partial charge in [-0.3, -0.25) is 4.90 Å². The fraction of sp³-hybridized carbons (Fsp3) is 0.476. The minimum Gasteiger partial charge on any atom is -0.339 e. The fourth-order valence-electron chi connectivity index (χ4n) is 4.75. The number of thiazole rings is 1. The first-order valence-corrected chi connectivity index (χ1v) is 10.7. The molecule has 1 aromatic carbocycles. The number of rotatable bonds is 5. The summed E-state index contributed by atoms with van der Waals surface area (Å²) in [5, 5.41) is 4.38. The second-order valence-corrected chi connectivity index (χ2v) is 8.56. The van der Waals surface area contributed by atoms with Gasteiger partial charge in [0.05, 0.1) is 11.2 Å². The molecule has 2 aromatic heterocycles. The molecule has 5 nitrogen and oxygen atoms in total. The number of hydrogen-bond donors (Lipinski definition) is 0. The van der Waals surface area contributed by atoms with Crippen molar-refractivity contribution < 1.29 is 4.52 Å². The predicted molar refractivity (Wildman–Crippen MR) is 105 cm³/mol. The molecule has 5 rings (SSSR count). The number of aryl methyl sites for hydroxylation is 3. The minimum atomic E-state index is 0.375. The second kappa shape index (κ2) is 7.17. The molecule has 0 unspecified atom stereocenters. The lowest BCUT2D eigenvalue weighted by molar-refractivity contribution is 0.243. The maximum absolute atomic E-state index is 5.61. The van der Waals surface area contributed by atoms with Gasteiger partial charge in [-0.05, 0) is 44.7 Å². The van der Waals surface area contributed by atoms with Gasteiger partial charge in [-0.1, -0.05) is 35.5 Å². The van der Waals surface area contributed by atoms with E-state index in [1.54, 1.807) is 11.3 Å². The molecule has 2 fully saturated rings. The summed E-state index contributed by atoms with van der Waals surface area (Å²) in [6, 6.07) is 11.9. The van der Waals surface area contributed by atoms with E-state index in [9.17, 15) is 0 Å². The molecular formula is C21H24N4OS. The van der Waals surface area contributed by atoms with Crippen LogP contribution in [-0.4, -0.2) is 32.6 Å². The van der Waals surface area contributed by atoms with Gasteiger partial charge < -0.3 is 4.52 Å². The van der Waals surface area contributed by atoms with Crippen LogP contribution in [-0.2, 0) is 12.8 Å². The molecule has 0 amide bonds. The van der Waals surface area contributed by atoms with E-state index in [0.29, 0.717) is 18.0 Å².